The summed E-state index contributed by atoms with van der Waals surface area (Å²) < 4.78 is 7.35. The number of fused-ring (bicyclic) bond motifs is 1. The van der Waals surface area contributed by atoms with E-state index in [-0.39, 0.29) is 37.2 Å². The quantitative estimate of drug-likeness (QED) is 0.243. The van der Waals surface area contributed by atoms with Gasteiger partial charge in [0.05, 0.1) is 25.6 Å². The number of nitrogen functional groups attached to an aromatic ring is 1. The fraction of sp³-hybridized carbons (Fsp3) is 0.522. The van der Waals surface area contributed by atoms with E-state index in [0.29, 0.717) is 16.9 Å². The number of nitrogens with zero attached hydrogens (tertiary/aromatic N) is 4. The molecule has 33 heavy (non-hydrogen) atoms. The van der Waals surface area contributed by atoms with Crippen molar-refractivity contribution < 1.29 is 20.1 Å². The highest BCUT2D eigenvalue weighted by Gasteiger charge is 2.20. The van der Waals surface area contributed by atoms with Crippen LogP contribution in [0.25, 0.3) is 11.2 Å². The summed E-state index contributed by atoms with van der Waals surface area (Å²) in [4.78, 5) is 13.1. The molecule has 0 aliphatic heterocycles. The molecule has 3 aromatic rings. The first kappa shape index (κ1) is 24.7. The van der Waals surface area contributed by atoms with Crippen molar-refractivity contribution in [3.05, 3.63) is 30.1 Å². The number of nitrogens with two attached hydrogens (primary N) is 1. The van der Waals surface area contributed by atoms with Crippen LogP contribution in [0.5, 0.6) is 5.75 Å². The minimum atomic E-state index is -0.633. The number of aryl methyl sites for hydroxylation is 1. The first-order chi connectivity index (χ1) is 15.9. The second-order valence-corrected chi connectivity index (χ2v) is 8.17. The largest absolute Gasteiger partial charge is 0.508 e. The average molecular weight is 459 g/mol. The van der Waals surface area contributed by atoms with Crippen LogP contribution in [0, 0.1) is 0 Å². The number of aliphatic hydroxyl groups is 2. The minimum Gasteiger partial charge on any atom is -0.508 e. The number of rotatable bonds is 13. The summed E-state index contributed by atoms with van der Waals surface area (Å²) in [5.74, 6) is 0.663. The number of anilines is 3. The summed E-state index contributed by atoms with van der Waals surface area (Å²) in [7, 11) is 0. The van der Waals surface area contributed by atoms with E-state index in [1.54, 1.807) is 17.6 Å². The zero-order valence-corrected chi connectivity index (χ0v) is 19.2. The van der Waals surface area contributed by atoms with Gasteiger partial charge in [0.25, 0.3) is 0 Å². The molecule has 2 atom stereocenters. The molecule has 0 amide bonds. The van der Waals surface area contributed by atoms with Gasteiger partial charge in [-0.2, -0.15) is 9.97 Å². The minimum absolute atomic E-state index is 0.104. The molecule has 2 aromatic heterocycles. The highest BCUT2D eigenvalue weighted by Crippen LogP contribution is 2.28. The van der Waals surface area contributed by atoms with E-state index in [0.717, 1.165) is 24.8 Å². The van der Waals surface area contributed by atoms with Gasteiger partial charge in [-0.1, -0.05) is 32.3 Å². The molecule has 0 saturated heterocycles. The van der Waals surface area contributed by atoms with Crippen LogP contribution in [-0.2, 0) is 11.2 Å². The molecule has 6 N–H and O–H groups in total. The van der Waals surface area contributed by atoms with Crippen molar-refractivity contribution in [2.45, 2.75) is 64.7 Å². The number of hydrogen-bond donors (Lipinski definition) is 5. The second kappa shape index (κ2) is 11.8. The van der Waals surface area contributed by atoms with Crippen molar-refractivity contribution in [3.8, 4) is 5.75 Å². The van der Waals surface area contributed by atoms with E-state index in [4.69, 9.17) is 15.6 Å². The zero-order chi connectivity index (χ0) is 23.8. The number of benzene rings is 1. The maximum atomic E-state index is 10.4. The van der Waals surface area contributed by atoms with Crippen LogP contribution in [0.15, 0.2) is 24.5 Å². The van der Waals surface area contributed by atoms with Gasteiger partial charge in [-0.05, 0) is 31.4 Å². The molecular formula is C23H34N6O4. The highest BCUT2D eigenvalue weighted by atomic mass is 16.5. The predicted molar refractivity (Wildman–Crippen MR) is 127 cm³/mol. The van der Waals surface area contributed by atoms with Gasteiger partial charge in [0.2, 0.25) is 5.95 Å². The molecule has 0 radical (unpaired) electrons. The van der Waals surface area contributed by atoms with Gasteiger partial charge in [0.1, 0.15) is 17.5 Å². The van der Waals surface area contributed by atoms with Crippen LogP contribution in [0.2, 0.25) is 0 Å². The second-order valence-electron chi connectivity index (χ2n) is 8.17. The Labute approximate surface area is 193 Å². The van der Waals surface area contributed by atoms with Gasteiger partial charge in [-0.3, -0.25) is 4.57 Å². The van der Waals surface area contributed by atoms with E-state index in [2.05, 4.69) is 27.2 Å². The Kier molecular flexibility index (Phi) is 8.81. The number of ether oxygens (including phenoxy) is 1. The Morgan fingerprint density at radius 3 is 2.73 bits per heavy atom. The number of nitrogens with one attached hydrogen (secondary N) is 1. The van der Waals surface area contributed by atoms with Crippen molar-refractivity contribution in [2.24, 2.45) is 0 Å². The monoisotopic (exact) mass is 458 g/mol. The topological polar surface area (TPSA) is 152 Å². The summed E-state index contributed by atoms with van der Waals surface area (Å²) in [6.07, 6.45) is 5.99. The van der Waals surface area contributed by atoms with Crippen molar-refractivity contribution >= 4 is 28.6 Å². The van der Waals surface area contributed by atoms with Crippen molar-refractivity contribution in [1.82, 2.24) is 19.5 Å². The molecule has 0 spiro atoms. The summed E-state index contributed by atoms with van der Waals surface area (Å²) >= 11 is 0. The lowest BCUT2D eigenvalue weighted by molar-refractivity contribution is -0.0382. The molecular weight excluding hydrogens is 424 g/mol. The molecule has 0 fully saturated rings. The number of unbranched alkanes of at least 4 members (excludes halogenated alkanes) is 3. The molecule has 10 nitrogen and oxygen atoms in total. The third-order valence-corrected chi connectivity index (χ3v) is 5.34. The van der Waals surface area contributed by atoms with Crippen molar-refractivity contribution in [2.75, 3.05) is 24.3 Å². The third-order valence-electron chi connectivity index (χ3n) is 5.34. The lowest BCUT2D eigenvalue weighted by Crippen LogP contribution is -2.19. The summed E-state index contributed by atoms with van der Waals surface area (Å²) in [5.41, 5.74) is 8.50. The zero-order valence-electron chi connectivity index (χ0n) is 19.2. The number of phenolic OH excluding ortho intramolecular Hbond substituents is 1. The standard InChI is InChI=1S/C23H34N6O4/c1-3-4-5-6-7-16-8-9-17(13-18(16)32)26-23-27-21(24)20-22(28-23)29(14-25-20)19(12-15(2)31)33-11-10-30/h8-9,13-15,19,30-32H,3-7,10-12H2,1-2H3,(H3,24,26,27,28)/t15-,19+/m0/s1. The van der Waals surface area contributed by atoms with Crippen LogP contribution in [0.1, 0.15) is 57.7 Å². The molecule has 1 aromatic carbocycles. The lowest BCUT2D eigenvalue weighted by atomic mass is 10.0. The molecule has 0 aliphatic carbocycles. The molecule has 0 saturated carbocycles. The Morgan fingerprint density at radius 2 is 2.03 bits per heavy atom. The van der Waals surface area contributed by atoms with Crippen LogP contribution < -0.4 is 11.1 Å². The number of phenols is 1. The Bertz CT molecular complexity index is 1040. The van der Waals surface area contributed by atoms with Crippen LogP contribution in [0.3, 0.4) is 0 Å². The van der Waals surface area contributed by atoms with Crippen LogP contribution in [0.4, 0.5) is 17.5 Å². The summed E-state index contributed by atoms with van der Waals surface area (Å²) in [5, 5.41) is 32.5. The van der Waals surface area contributed by atoms with E-state index in [1.807, 2.05) is 12.1 Å². The van der Waals surface area contributed by atoms with Crippen molar-refractivity contribution in [1.29, 1.82) is 0 Å². The van der Waals surface area contributed by atoms with E-state index >= 15 is 0 Å². The SMILES string of the molecule is CCCCCCc1ccc(Nc2nc(N)c3ncn([C@@H](C[C@H](C)O)OCCO)c3n2)cc1O. The van der Waals surface area contributed by atoms with Gasteiger partial charge >= 0.3 is 0 Å². The molecule has 0 bridgehead atoms. The first-order valence-electron chi connectivity index (χ1n) is 11.4. The highest BCUT2D eigenvalue weighted by molar-refractivity contribution is 5.83. The number of aliphatic hydroxyl groups excluding tert-OH is 2. The normalized spacial score (nSPS) is 13.3. The average Bonchev–Trinajstić information content (AvgIpc) is 3.19. The third kappa shape index (κ3) is 6.53. The number of imidazole rings is 1. The maximum Gasteiger partial charge on any atom is 0.231 e. The molecule has 2 heterocycles. The fourth-order valence-electron chi connectivity index (χ4n) is 3.67. The number of aromatic nitrogens is 4. The molecule has 180 valence electrons. The van der Waals surface area contributed by atoms with Crippen LogP contribution in [-0.4, -0.2) is 54.2 Å². The molecule has 10 heteroatoms. The fourth-order valence-corrected chi connectivity index (χ4v) is 3.67. The summed E-state index contributed by atoms with van der Waals surface area (Å²) in [6, 6.07) is 5.42. The van der Waals surface area contributed by atoms with E-state index in [1.165, 1.54) is 19.2 Å². The molecule has 0 aliphatic rings. The van der Waals surface area contributed by atoms with Gasteiger partial charge in [0, 0.05) is 18.2 Å². The van der Waals surface area contributed by atoms with E-state index < -0.39 is 12.3 Å². The maximum absolute atomic E-state index is 10.4. The van der Waals surface area contributed by atoms with Gasteiger partial charge in [-0.25, -0.2) is 4.98 Å². The molecule has 0 unspecified atom stereocenters. The number of hydrogen-bond acceptors (Lipinski definition) is 9. The van der Waals surface area contributed by atoms with E-state index in [9.17, 15) is 10.2 Å². The van der Waals surface area contributed by atoms with Gasteiger partial charge in [0.15, 0.2) is 11.5 Å². The lowest BCUT2D eigenvalue weighted by Gasteiger charge is -2.20. The Balaban J connectivity index is 1.82. The summed E-state index contributed by atoms with van der Waals surface area (Å²) in [6.45, 7) is 3.79. The smallest absolute Gasteiger partial charge is 0.231 e. The van der Waals surface area contributed by atoms with Crippen LogP contribution >= 0.6 is 0 Å². The molecule has 3 rings (SSSR count). The van der Waals surface area contributed by atoms with Gasteiger partial charge < -0.3 is 31.1 Å². The Morgan fingerprint density at radius 1 is 1.21 bits per heavy atom. The first-order valence-corrected chi connectivity index (χ1v) is 11.4. The number of aromatic hydroxyl groups is 1. The van der Waals surface area contributed by atoms with Crippen molar-refractivity contribution in [3.63, 3.8) is 0 Å². The Hall–Kier alpha value is -2.95. The van der Waals surface area contributed by atoms with Gasteiger partial charge in [-0.15, -0.1) is 0 Å². The predicted octanol–water partition coefficient (Wildman–Crippen LogP) is 3.26.